The van der Waals surface area contributed by atoms with Gasteiger partial charge in [0, 0.05) is 5.41 Å². The second kappa shape index (κ2) is 10.6. The zero-order chi connectivity index (χ0) is 17.5. The zero-order valence-corrected chi connectivity index (χ0v) is 17.5. The van der Waals surface area contributed by atoms with Crippen molar-refractivity contribution in [1.82, 2.24) is 0 Å². The summed E-state index contributed by atoms with van der Waals surface area (Å²) in [6.45, 7) is 4.70. The average molecular weight is 578 g/mol. The van der Waals surface area contributed by atoms with Gasteiger partial charge in [-0.15, -0.1) is 0 Å². The SMILES string of the molecule is CCC(C)(CO)C(O)O.CCC(CO)([CH]([Ni])I)C(O)(O)I. The van der Waals surface area contributed by atoms with E-state index in [4.69, 9.17) is 20.4 Å². The first-order valence-corrected chi connectivity index (χ1v) is 9.24. The molecule has 3 atom stereocenters. The van der Waals surface area contributed by atoms with E-state index in [9.17, 15) is 10.2 Å². The van der Waals surface area contributed by atoms with E-state index in [-0.39, 0.29) is 16.1 Å². The van der Waals surface area contributed by atoms with Crippen LogP contribution in [0.4, 0.5) is 0 Å². The summed E-state index contributed by atoms with van der Waals surface area (Å²) < 4.78 is -2.32. The second-order valence-corrected chi connectivity index (χ2v) is 9.32. The van der Waals surface area contributed by atoms with E-state index in [1.54, 1.807) is 20.8 Å². The van der Waals surface area contributed by atoms with Gasteiger partial charge in [-0.25, -0.2) is 0 Å². The van der Waals surface area contributed by atoms with Crippen molar-refractivity contribution in [2.24, 2.45) is 10.8 Å². The molecular formula is C12H25I2NiO6. The van der Waals surface area contributed by atoms with Crippen LogP contribution in [0.25, 0.3) is 0 Å². The van der Waals surface area contributed by atoms with Gasteiger partial charge in [0.05, 0.1) is 6.61 Å². The minimum absolute atomic E-state index is 0.193. The molecule has 0 fully saturated rings. The number of hydrogen-bond acceptors (Lipinski definition) is 6. The van der Waals surface area contributed by atoms with Gasteiger partial charge in [0.1, 0.15) is 0 Å². The Kier molecular flexibility index (Phi) is 12.5. The van der Waals surface area contributed by atoms with Crippen molar-refractivity contribution in [1.29, 1.82) is 0 Å². The Balaban J connectivity index is 0. The van der Waals surface area contributed by atoms with Crippen molar-refractivity contribution in [2.75, 3.05) is 13.2 Å². The number of alkyl halides is 2. The molecule has 0 aromatic rings. The number of rotatable bonds is 7. The Bertz CT molecular complexity index is 275. The molecule has 0 heterocycles. The first-order chi connectivity index (χ1) is 9.38. The van der Waals surface area contributed by atoms with Crippen molar-refractivity contribution < 1.29 is 46.1 Å². The fourth-order valence-corrected chi connectivity index (χ4v) is 4.40. The van der Waals surface area contributed by atoms with Gasteiger partial charge in [-0.05, 0) is 6.42 Å². The van der Waals surface area contributed by atoms with Crippen LogP contribution in [-0.4, -0.2) is 56.8 Å². The Morgan fingerprint density at radius 1 is 1.05 bits per heavy atom. The summed E-state index contributed by atoms with van der Waals surface area (Å²) in [4.78, 5) is 0. The van der Waals surface area contributed by atoms with Crippen molar-refractivity contribution in [3.63, 3.8) is 0 Å². The zero-order valence-electron chi connectivity index (χ0n) is 12.2. The topological polar surface area (TPSA) is 121 Å². The van der Waals surface area contributed by atoms with E-state index in [1.165, 1.54) is 22.6 Å². The molecule has 0 amide bonds. The molecule has 0 aromatic carbocycles. The summed E-state index contributed by atoms with van der Waals surface area (Å²) in [5.41, 5.74) is -1.76. The predicted octanol–water partition coefficient (Wildman–Crippen LogP) is 0.462. The monoisotopic (exact) mass is 577 g/mol. The molecule has 0 rings (SSSR count). The molecule has 21 heavy (non-hydrogen) atoms. The van der Waals surface area contributed by atoms with Gasteiger partial charge >= 0.3 is 108 Å². The van der Waals surface area contributed by atoms with E-state index >= 15 is 0 Å². The fourth-order valence-electron chi connectivity index (χ4n) is 1.15. The maximum atomic E-state index is 9.42. The Morgan fingerprint density at radius 2 is 1.48 bits per heavy atom. The molecule has 3 unspecified atom stereocenters. The average Bonchev–Trinajstić information content (AvgIpc) is 2.38. The molecule has 6 nitrogen and oxygen atoms in total. The number of halogens is 2. The van der Waals surface area contributed by atoms with Crippen LogP contribution in [0.15, 0.2) is 0 Å². The first-order valence-electron chi connectivity index (χ1n) is 6.34. The number of aliphatic hydroxyl groups excluding tert-OH is 3. The maximum absolute atomic E-state index is 9.42. The standard InChI is InChI=1S/C6H11I2O3.C6H14O3.Ni/c1-2-5(3-7,4-9)6(8,10)11;1-3-6(2,4-7)5(8)9;/h3,9-11H,2,4H2,1H3;5,7-9H,3-4H2,1-2H3;. The molecule has 133 valence electrons. The van der Waals surface area contributed by atoms with Crippen LogP contribution < -0.4 is 0 Å². The quantitative estimate of drug-likeness (QED) is 0.113. The summed E-state index contributed by atoms with van der Waals surface area (Å²) in [6, 6.07) is 0. The number of aliphatic hydroxyl groups is 6. The first kappa shape index (κ1) is 25.0. The Hall–Kier alpha value is 1.71. The van der Waals surface area contributed by atoms with Crippen LogP contribution in [0.5, 0.6) is 0 Å². The van der Waals surface area contributed by atoms with Crippen LogP contribution >= 0.6 is 45.2 Å². The summed E-state index contributed by atoms with van der Waals surface area (Å²) >= 11 is 8.07. The van der Waals surface area contributed by atoms with Gasteiger partial charge < -0.3 is 15.3 Å². The third-order valence-corrected chi connectivity index (χ3v) is 6.53. The van der Waals surface area contributed by atoms with Crippen molar-refractivity contribution >= 4 is 45.2 Å². The minimum atomic E-state index is -1.95. The van der Waals surface area contributed by atoms with Crippen molar-refractivity contribution in [2.45, 2.75) is 46.6 Å². The van der Waals surface area contributed by atoms with Gasteiger partial charge in [-0.1, -0.05) is 13.8 Å². The summed E-state index contributed by atoms with van der Waals surface area (Å²) in [5.74, 6) is 0. The van der Waals surface area contributed by atoms with Crippen LogP contribution in [0.2, 0.25) is 0 Å². The molecule has 0 aliphatic heterocycles. The van der Waals surface area contributed by atoms with E-state index in [2.05, 4.69) is 15.5 Å². The Labute approximate surface area is 161 Å². The molecule has 0 saturated heterocycles. The molecule has 0 radical (unpaired) electrons. The third kappa shape index (κ3) is 7.00. The van der Waals surface area contributed by atoms with Crippen LogP contribution in [0.3, 0.4) is 0 Å². The normalized spacial score (nSPS) is 19.3. The van der Waals surface area contributed by atoms with Crippen molar-refractivity contribution in [3.8, 4) is 0 Å². The van der Waals surface area contributed by atoms with E-state index in [0.29, 0.717) is 12.8 Å². The molecule has 6 N–H and O–H groups in total. The molecular weight excluding hydrogens is 553 g/mol. The third-order valence-electron chi connectivity index (χ3n) is 3.72. The molecule has 0 spiro atoms. The molecule has 0 bridgehead atoms. The van der Waals surface area contributed by atoms with Gasteiger partial charge in [0.15, 0.2) is 6.29 Å². The van der Waals surface area contributed by atoms with Crippen LogP contribution in [0.1, 0.15) is 33.6 Å². The van der Waals surface area contributed by atoms with Crippen LogP contribution in [0, 0.1) is 10.8 Å². The van der Waals surface area contributed by atoms with Gasteiger partial charge in [0.25, 0.3) is 0 Å². The predicted molar refractivity (Wildman–Crippen MR) is 92.5 cm³/mol. The van der Waals surface area contributed by atoms with Gasteiger partial charge in [0.2, 0.25) is 0 Å². The van der Waals surface area contributed by atoms with E-state index in [1.807, 2.05) is 22.6 Å². The van der Waals surface area contributed by atoms with E-state index < -0.39 is 20.9 Å². The van der Waals surface area contributed by atoms with Crippen LogP contribution in [-0.2, 0) is 15.5 Å². The summed E-state index contributed by atoms with van der Waals surface area (Å²) in [5, 5.41) is 53.9. The Morgan fingerprint density at radius 3 is 1.48 bits per heavy atom. The van der Waals surface area contributed by atoms with Gasteiger partial charge in [-0.3, -0.25) is 0 Å². The molecule has 0 aliphatic carbocycles. The summed E-state index contributed by atoms with van der Waals surface area (Å²) in [7, 11) is 0. The fraction of sp³-hybridized carbons (Fsp3) is 1.00. The molecule has 9 heteroatoms. The van der Waals surface area contributed by atoms with Crippen molar-refractivity contribution in [3.05, 3.63) is 0 Å². The second-order valence-electron chi connectivity index (χ2n) is 5.06. The number of hydrogen-bond donors (Lipinski definition) is 6. The molecule has 0 aliphatic rings. The molecule has 0 aromatic heterocycles. The summed E-state index contributed by atoms with van der Waals surface area (Å²) in [6.07, 6.45) is -0.429. The van der Waals surface area contributed by atoms with E-state index in [0.717, 1.165) is 0 Å². The van der Waals surface area contributed by atoms with Gasteiger partial charge in [-0.2, -0.15) is 0 Å². The molecule has 0 saturated carbocycles.